The zero-order chi connectivity index (χ0) is 19.3. The van der Waals surface area contributed by atoms with E-state index >= 15 is 0 Å². The van der Waals surface area contributed by atoms with Crippen LogP contribution in [-0.2, 0) is 11.2 Å². The number of benzene rings is 1. The van der Waals surface area contributed by atoms with Gasteiger partial charge in [-0.05, 0) is 49.8 Å². The molecule has 0 N–H and O–H groups in total. The molecule has 28 heavy (non-hydrogen) atoms. The van der Waals surface area contributed by atoms with Crippen LogP contribution in [0.15, 0.2) is 62.8 Å². The van der Waals surface area contributed by atoms with Gasteiger partial charge in [0.1, 0.15) is 0 Å². The summed E-state index contributed by atoms with van der Waals surface area (Å²) in [6.07, 6.45) is 4.73. The molecule has 7 heteroatoms. The molecule has 4 rings (SSSR count). The van der Waals surface area contributed by atoms with E-state index in [0.717, 1.165) is 32.4 Å². The highest BCUT2D eigenvalue weighted by Crippen LogP contribution is 2.29. The first-order chi connectivity index (χ1) is 13.7. The summed E-state index contributed by atoms with van der Waals surface area (Å²) in [5, 5.41) is 8.10. The predicted octanol–water partition coefficient (Wildman–Crippen LogP) is 4.29. The number of amides is 1. The van der Waals surface area contributed by atoms with Gasteiger partial charge in [0.05, 0.1) is 11.5 Å². The Labute approximate surface area is 168 Å². The van der Waals surface area contributed by atoms with Gasteiger partial charge in [0.25, 0.3) is 11.1 Å². The fraction of sp³-hybridized carbons (Fsp3) is 0.381. The number of rotatable bonds is 6. The Morgan fingerprint density at radius 3 is 2.68 bits per heavy atom. The summed E-state index contributed by atoms with van der Waals surface area (Å²) in [5.41, 5.74) is 1.37. The van der Waals surface area contributed by atoms with Crippen LogP contribution in [0.2, 0.25) is 0 Å². The average molecular weight is 398 g/mol. The topological polar surface area (TPSA) is 72.4 Å². The molecule has 146 valence electrons. The van der Waals surface area contributed by atoms with Crippen LogP contribution in [0.3, 0.4) is 0 Å². The fourth-order valence-electron chi connectivity index (χ4n) is 3.52. The molecule has 6 nitrogen and oxygen atoms in total. The third-order valence-electron chi connectivity index (χ3n) is 5.06. The molecule has 1 amide bonds. The van der Waals surface area contributed by atoms with Crippen LogP contribution < -0.4 is 0 Å². The molecule has 3 aromatic rings. The number of carbonyl (C=O) groups excluding carboxylic acids is 1. The van der Waals surface area contributed by atoms with E-state index in [1.54, 1.807) is 18.4 Å². The van der Waals surface area contributed by atoms with E-state index in [0.29, 0.717) is 22.8 Å². The summed E-state index contributed by atoms with van der Waals surface area (Å²) in [6.45, 7) is 3.51. The molecule has 1 aromatic carbocycles. The maximum absolute atomic E-state index is 12.8. The number of piperidine rings is 1. The van der Waals surface area contributed by atoms with Gasteiger partial charge in [0.2, 0.25) is 5.91 Å². The van der Waals surface area contributed by atoms with Crippen molar-refractivity contribution in [2.24, 2.45) is 5.92 Å². The van der Waals surface area contributed by atoms with Gasteiger partial charge in [0.15, 0.2) is 5.76 Å². The number of furan rings is 1. The number of hydrogen-bond donors (Lipinski definition) is 0. The van der Waals surface area contributed by atoms with Crippen molar-refractivity contribution in [1.82, 2.24) is 15.1 Å². The van der Waals surface area contributed by atoms with E-state index in [-0.39, 0.29) is 11.2 Å². The molecular formula is C21H23N3O3S. The molecule has 2 aromatic heterocycles. The fourth-order valence-corrected chi connectivity index (χ4v) is 4.29. The van der Waals surface area contributed by atoms with Crippen molar-refractivity contribution in [2.75, 3.05) is 13.1 Å². The van der Waals surface area contributed by atoms with E-state index < -0.39 is 0 Å². The minimum Gasteiger partial charge on any atom is -0.459 e. The van der Waals surface area contributed by atoms with E-state index in [9.17, 15) is 4.79 Å². The molecule has 0 unspecified atom stereocenters. The van der Waals surface area contributed by atoms with Gasteiger partial charge in [-0.1, -0.05) is 42.1 Å². The molecule has 1 fully saturated rings. The Morgan fingerprint density at radius 1 is 1.18 bits per heavy atom. The summed E-state index contributed by atoms with van der Waals surface area (Å²) in [4.78, 5) is 14.8. The summed E-state index contributed by atoms with van der Waals surface area (Å²) >= 11 is 1.29. The van der Waals surface area contributed by atoms with Gasteiger partial charge in [-0.15, -0.1) is 10.2 Å². The SMILES string of the molecule is C[C@@H](Sc1nnc(-c2ccco2)o1)C(=O)N1CCC(Cc2ccccc2)CC1. The highest BCUT2D eigenvalue weighted by molar-refractivity contribution is 8.00. The second kappa shape index (κ2) is 8.65. The molecule has 1 atom stereocenters. The highest BCUT2D eigenvalue weighted by atomic mass is 32.2. The molecule has 1 aliphatic rings. The molecule has 1 saturated heterocycles. The quantitative estimate of drug-likeness (QED) is 0.578. The van der Waals surface area contributed by atoms with Gasteiger partial charge < -0.3 is 13.7 Å². The summed E-state index contributed by atoms with van der Waals surface area (Å²) in [5.74, 6) is 1.62. The van der Waals surface area contributed by atoms with Gasteiger partial charge in [0, 0.05) is 13.1 Å². The molecule has 0 bridgehead atoms. The monoisotopic (exact) mass is 397 g/mol. The average Bonchev–Trinajstić information content (AvgIpc) is 3.40. The lowest BCUT2D eigenvalue weighted by Crippen LogP contribution is -2.42. The molecule has 3 heterocycles. The van der Waals surface area contributed by atoms with Crippen molar-refractivity contribution in [3.05, 3.63) is 54.3 Å². The van der Waals surface area contributed by atoms with E-state index in [4.69, 9.17) is 8.83 Å². The summed E-state index contributed by atoms with van der Waals surface area (Å²) in [6, 6.07) is 14.1. The first kappa shape index (κ1) is 18.8. The minimum absolute atomic E-state index is 0.126. The van der Waals surface area contributed by atoms with Crippen LogP contribution in [0.25, 0.3) is 11.7 Å². The van der Waals surface area contributed by atoms with Gasteiger partial charge in [-0.25, -0.2) is 0 Å². The number of likely N-dealkylation sites (tertiary alicyclic amines) is 1. The zero-order valence-corrected chi connectivity index (χ0v) is 16.6. The molecule has 0 spiro atoms. The second-order valence-electron chi connectivity index (χ2n) is 7.07. The number of hydrogen-bond acceptors (Lipinski definition) is 6. The van der Waals surface area contributed by atoms with Gasteiger partial charge in [-0.3, -0.25) is 4.79 Å². The van der Waals surface area contributed by atoms with Gasteiger partial charge >= 0.3 is 0 Å². The first-order valence-electron chi connectivity index (χ1n) is 9.56. The third kappa shape index (κ3) is 4.47. The van der Waals surface area contributed by atoms with Crippen molar-refractivity contribution in [3.63, 3.8) is 0 Å². The maximum Gasteiger partial charge on any atom is 0.284 e. The number of carbonyl (C=O) groups is 1. The van der Waals surface area contributed by atoms with Crippen molar-refractivity contribution < 1.29 is 13.6 Å². The zero-order valence-electron chi connectivity index (χ0n) is 15.8. The molecular weight excluding hydrogens is 374 g/mol. The van der Waals surface area contributed by atoms with Crippen molar-refractivity contribution in [1.29, 1.82) is 0 Å². The molecule has 1 aliphatic heterocycles. The summed E-state index contributed by atoms with van der Waals surface area (Å²) < 4.78 is 10.8. The Bertz CT molecular complexity index is 887. The van der Waals surface area contributed by atoms with Crippen LogP contribution >= 0.6 is 11.8 Å². The molecule has 0 radical (unpaired) electrons. The highest BCUT2D eigenvalue weighted by Gasteiger charge is 2.28. The second-order valence-corrected chi connectivity index (χ2v) is 8.36. The predicted molar refractivity (Wildman–Crippen MR) is 107 cm³/mol. The van der Waals surface area contributed by atoms with E-state index in [1.807, 2.05) is 17.9 Å². The molecule has 0 aliphatic carbocycles. The Hall–Kier alpha value is -2.54. The minimum atomic E-state index is -0.268. The first-order valence-corrected chi connectivity index (χ1v) is 10.4. The Balaban J connectivity index is 1.28. The van der Waals surface area contributed by atoms with Crippen LogP contribution in [0.1, 0.15) is 25.3 Å². The standard InChI is InChI=1S/C21H23N3O3S/c1-15(28-21-23-22-19(27-21)18-8-5-13-26-18)20(25)24-11-9-17(10-12-24)14-16-6-3-2-4-7-16/h2-8,13,15,17H,9-12,14H2,1H3/t15-/m1/s1. The number of aromatic nitrogens is 2. The lowest BCUT2D eigenvalue weighted by Gasteiger charge is -2.33. The Kier molecular flexibility index (Phi) is 5.81. The lowest BCUT2D eigenvalue weighted by atomic mass is 9.90. The van der Waals surface area contributed by atoms with Crippen LogP contribution in [-0.4, -0.2) is 39.3 Å². The van der Waals surface area contributed by atoms with Crippen LogP contribution in [0.4, 0.5) is 0 Å². The molecule has 0 saturated carbocycles. The van der Waals surface area contributed by atoms with Crippen molar-refractivity contribution >= 4 is 17.7 Å². The van der Waals surface area contributed by atoms with E-state index in [2.05, 4.69) is 34.5 Å². The maximum atomic E-state index is 12.8. The lowest BCUT2D eigenvalue weighted by molar-refractivity contribution is -0.131. The normalized spacial score (nSPS) is 16.2. The van der Waals surface area contributed by atoms with Crippen molar-refractivity contribution in [2.45, 2.75) is 36.7 Å². The van der Waals surface area contributed by atoms with E-state index in [1.165, 1.54) is 17.3 Å². The van der Waals surface area contributed by atoms with Crippen LogP contribution in [0.5, 0.6) is 0 Å². The smallest absolute Gasteiger partial charge is 0.284 e. The number of thioether (sulfide) groups is 1. The Morgan fingerprint density at radius 2 is 1.96 bits per heavy atom. The largest absolute Gasteiger partial charge is 0.459 e. The number of nitrogens with zero attached hydrogens (tertiary/aromatic N) is 3. The van der Waals surface area contributed by atoms with Crippen LogP contribution in [0, 0.1) is 5.92 Å². The van der Waals surface area contributed by atoms with Crippen molar-refractivity contribution in [3.8, 4) is 11.7 Å². The third-order valence-corrected chi connectivity index (χ3v) is 5.98. The summed E-state index contributed by atoms with van der Waals surface area (Å²) in [7, 11) is 0. The van der Waals surface area contributed by atoms with Gasteiger partial charge in [-0.2, -0.15) is 0 Å².